The van der Waals surface area contributed by atoms with Gasteiger partial charge in [0.05, 0.1) is 29.7 Å². The average Bonchev–Trinajstić information content (AvgIpc) is 3.26. The summed E-state index contributed by atoms with van der Waals surface area (Å²) in [7, 11) is 1.87. The number of nitrogens with zero attached hydrogens (tertiary/aromatic N) is 4. The second kappa shape index (κ2) is 8.08. The molecule has 0 aliphatic heterocycles. The van der Waals surface area contributed by atoms with Crippen LogP contribution in [-0.4, -0.2) is 32.1 Å². The molecule has 0 aliphatic carbocycles. The number of aromatic nitrogens is 4. The van der Waals surface area contributed by atoms with Gasteiger partial charge in [-0.15, -0.1) is 0 Å². The summed E-state index contributed by atoms with van der Waals surface area (Å²) >= 11 is 5.99. The second-order valence-electron chi connectivity index (χ2n) is 7.00. The number of benzene rings is 2. The van der Waals surface area contributed by atoms with Gasteiger partial charge >= 0.3 is 6.18 Å². The summed E-state index contributed by atoms with van der Waals surface area (Å²) < 4.78 is 43.8. The molecule has 30 heavy (non-hydrogen) atoms. The number of imidazole rings is 1. The Labute approximate surface area is 174 Å². The number of H-pyrrole nitrogens is 1. The SMILES string of the molecule is CN(Cc1nc2ccc(Cl)cc2[nH]1)Cc1nc(Cc2cccc(C(F)(F)F)c2)no1. The third kappa shape index (κ3) is 4.80. The van der Waals surface area contributed by atoms with Crippen LogP contribution in [0.2, 0.25) is 5.02 Å². The first kappa shape index (κ1) is 20.4. The smallest absolute Gasteiger partial charge is 0.341 e. The molecule has 0 saturated carbocycles. The number of rotatable bonds is 6. The Balaban J connectivity index is 1.39. The first-order valence-corrected chi connectivity index (χ1v) is 9.44. The van der Waals surface area contributed by atoms with Crippen molar-refractivity contribution in [2.45, 2.75) is 25.7 Å². The number of hydrogen-bond acceptors (Lipinski definition) is 5. The molecule has 2 heterocycles. The summed E-state index contributed by atoms with van der Waals surface area (Å²) in [4.78, 5) is 13.9. The van der Waals surface area contributed by atoms with Gasteiger partial charge in [0, 0.05) is 11.4 Å². The van der Waals surface area contributed by atoms with Gasteiger partial charge in [-0.1, -0.05) is 35.0 Å². The van der Waals surface area contributed by atoms with E-state index in [0.717, 1.165) is 29.0 Å². The number of alkyl halides is 3. The van der Waals surface area contributed by atoms with E-state index in [0.29, 0.717) is 35.4 Å². The van der Waals surface area contributed by atoms with Crippen LogP contribution in [0.25, 0.3) is 11.0 Å². The van der Waals surface area contributed by atoms with Crippen LogP contribution in [0, 0.1) is 0 Å². The summed E-state index contributed by atoms with van der Waals surface area (Å²) in [6.45, 7) is 0.880. The van der Waals surface area contributed by atoms with Crippen molar-refractivity contribution in [3.8, 4) is 0 Å². The van der Waals surface area contributed by atoms with Gasteiger partial charge in [-0.2, -0.15) is 18.2 Å². The van der Waals surface area contributed by atoms with Gasteiger partial charge in [-0.05, 0) is 36.9 Å². The first-order chi connectivity index (χ1) is 14.3. The molecule has 0 fully saturated rings. The highest BCUT2D eigenvalue weighted by Gasteiger charge is 2.30. The second-order valence-corrected chi connectivity index (χ2v) is 7.43. The molecule has 0 unspecified atom stereocenters. The van der Waals surface area contributed by atoms with E-state index < -0.39 is 11.7 Å². The van der Waals surface area contributed by atoms with Crippen molar-refractivity contribution in [1.82, 2.24) is 25.0 Å². The average molecular weight is 436 g/mol. The molecule has 0 spiro atoms. The number of aromatic amines is 1. The standard InChI is InChI=1S/C20H17ClF3N5O/c1-29(10-18-25-15-6-5-14(21)9-16(15)26-18)11-19-27-17(28-30-19)8-12-3-2-4-13(7-12)20(22,23)24/h2-7,9H,8,10-11H2,1H3,(H,25,26). The van der Waals surface area contributed by atoms with Crippen molar-refractivity contribution in [1.29, 1.82) is 0 Å². The molecule has 0 amide bonds. The topological polar surface area (TPSA) is 70.8 Å². The van der Waals surface area contributed by atoms with E-state index in [2.05, 4.69) is 20.1 Å². The van der Waals surface area contributed by atoms with E-state index in [1.807, 2.05) is 24.1 Å². The molecule has 156 valence electrons. The molecule has 0 aliphatic rings. The van der Waals surface area contributed by atoms with Gasteiger partial charge in [0.25, 0.3) is 0 Å². The lowest BCUT2D eigenvalue weighted by Gasteiger charge is -2.11. The highest BCUT2D eigenvalue weighted by Crippen LogP contribution is 2.29. The Morgan fingerprint density at radius 2 is 1.93 bits per heavy atom. The Hall–Kier alpha value is -2.91. The highest BCUT2D eigenvalue weighted by atomic mass is 35.5. The molecule has 1 N–H and O–H groups in total. The fraction of sp³-hybridized carbons (Fsp3) is 0.250. The lowest BCUT2D eigenvalue weighted by Crippen LogP contribution is -2.18. The predicted molar refractivity (Wildman–Crippen MR) is 105 cm³/mol. The van der Waals surface area contributed by atoms with Crippen molar-refractivity contribution in [3.63, 3.8) is 0 Å². The van der Waals surface area contributed by atoms with Crippen molar-refractivity contribution < 1.29 is 17.7 Å². The number of nitrogens with one attached hydrogen (secondary N) is 1. The molecule has 10 heteroatoms. The van der Waals surface area contributed by atoms with Gasteiger partial charge in [0.1, 0.15) is 5.82 Å². The normalized spacial score (nSPS) is 12.2. The van der Waals surface area contributed by atoms with Crippen LogP contribution >= 0.6 is 11.6 Å². The molecule has 2 aromatic carbocycles. The van der Waals surface area contributed by atoms with Gasteiger partial charge in [-0.25, -0.2) is 4.98 Å². The van der Waals surface area contributed by atoms with Crippen LogP contribution in [0.4, 0.5) is 13.2 Å². The fourth-order valence-electron chi connectivity index (χ4n) is 3.12. The van der Waals surface area contributed by atoms with Gasteiger partial charge in [-0.3, -0.25) is 4.90 Å². The molecule has 4 rings (SSSR count). The minimum atomic E-state index is -4.39. The van der Waals surface area contributed by atoms with Crippen molar-refractivity contribution in [3.05, 3.63) is 76.2 Å². The van der Waals surface area contributed by atoms with Crippen LogP contribution in [0.5, 0.6) is 0 Å². The van der Waals surface area contributed by atoms with Crippen LogP contribution in [0.3, 0.4) is 0 Å². The summed E-state index contributed by atoms with van der Waals surface area (Å²) in [6.07, 6.45) is -4.23. The van der Waals surface area contributed by atoms with Crippen LogP contribution in [0.1, 0.15) is 28.7 Å². The van der Waals surface area contributed by atoms with Crippen LogP contribution in [-0.2, 0) is 25.7 Å². The minimum Gasteiger partial charge on any atom is -0.341 e. The van der Waals surface area contributed by atoms with Gasteiger partial charge in [0.15, 0.2) is 5.82 Å². The van der Waals surface area contributed by atoms with E-state index in [-0.39, 0.29) is 6.42 Å². The number of fused-ring (bicyclic) bond motifs is 1. The Morgan fingerprint density at radius 3 is 2.73 bits per heavy atom. The summed E-state index contributed by atoms with van der Waals surface area (Å²) in [6, 6.07) is 10.5. The van der Waals surface area contributed by atoms with Crippen molar-refractivity contribution in [2.75, 3.05) is 7.05 Å². The summed E-state index contributed by atoms with van der Waals surface area (Å²) in [5.41, 5.74) is 1.44. The minimum absolute atomic E-state index is 0.154. The lowest BCUT2D eigenvalue weighted by molar-refractivity contribution is -0.137. The maximum absolute atomic E-state index is 12.9. The van der Waals surface area contributed by atoms with Crippen LogP contribution < -0.4 is 0 Å². The monoisotopic (exact) mass is 435 g/mol. The maximum Gasteiger partial charge on any atom is 0.416 e. The van der Waals surface area contributed by atoms with Gasteiger partial charge in [0.2, 0.25) is 5.89 Å². The molecule has 6 nitrogen and oxygen atoms in total. The van der Waals surface area contributed by atoms with E-state index in [1.165, 1.54) is 6.07 Å². The van der Waals surface area contributed by atoms with Crippen molar-refractivity contribution in [2.24, 2.45) is 0 Å². The summed E-state index contributed by atoms with van der Waals surface area (Å²) in [5.74, 6) is 1.47. The third-order valence-corrected chi connectivity index (χ3v) is 4.68. The van der Waals surface area contributed by atoms with Gasteiger partial charge < -0.3 is 9.51 Å². The zero-order chi connectivity index (χ0) is 21.3. The van der Waals surface area contributed by atoms with E-state index >= 15 is 0 Å². The Kier molecular flexibility index (Phi) is 5.48. The zero-order valence-electron chi connectivity index (χ0n) is 15.9. The Bertz CT molecular complexity index is 1170. The molecule has 2 aromatic heterocycles. The van der Waals surface area contributed by atoms with Crippen molar-refractivity contribution >= 4 is 22.6 Å². The van der Waals surface area contributed by atoms with E-state index in [1.54, 1.807) is 12.1 Å². The Morgan fingerprint density at radius 1 is 1.10 bits per heavy atom. The number of hydrogen-bond donors (Lipinski definition) is 1. The molecular formula is C20H17ClF3N5O. The largest absolute Gasteiger partial charge is 0.416 e. The molecule has 0 saturated heterocycles. The number of halogens is 4. The van der Waals surface area contributed by atoms with Crippen LogP contribution in [0.15, 0.2) is 47.0 Å². The maximum atomic E-state index is 12.9. The summed E-state index contributed by atoms with van der Waals surface area (Å²) in [5, 5.41) is 4.51. The van der Waals surface area contributed by atoms with E-state index in [9.17, 15) is 13.2 Å². The highest BCUT2D eigenvalue weighted by molar-refractivity contribution is 6.31. The zero-order valence-corrected chi connectivity index (χ0v) is 16.6. The predicted octanol–water partition coefficient (Wildman–Crippen LogP) is 4.84. The molecular weight excluding hydrogens is 419 g/mol. The molecule has 0 bridgehead atoms. The molecule has 0 atom stereocenters. The molecule has 0 radical (unpaired) electrons. The molecule has 4 aromatic rings. The lowest BCUT2D eigenvalue weighted by atomic mass is 10.1. The first-order valence-electron chi connectivity index (χ1n) is 9.06. The van der Waals surface area contributed by atoms with E-state index in [4.69, 9.17) is 16.1 Å². The fourth-order valence-corrected chi connectivity index (χ4v) is 3.29. The quantitative estimate of drug-likeness (QED) is 0.469. The third-order valence-electron chi connectivity index (χ3n) is 4.44.